The first-order valence-electron chi connectivity index (χ1n) is 6.49. The van der Waals surface area contributed by atoms with E-state index >= 15 is 0 Å². The Balaban J connectivity index is 2.05. The molecule has 0 spiro atoms. The van der Waals surface area contributed by atoms with Crippen molar-refractivity contribution in [1.29, 1.82) is 0 Å². The Morgan fingerprint density at radius 3 is 2.48 bits per heavy atom. The summed E-state index contributed by atoms with van der Waals surface area (Å²) in [6.07, 6.45) is 0.614. The summed E-state index contributed by atoms with van der Waals surface area (Å²) in [5.41, 5.74) is 2.08. The lowest BCUT2D eigenvalue weighted by Gasteiger charge is -2.11. The molecule has 0 radical (unpaired) electrons. The molecule has 2 aromatic carbocycles. The van der Waals surface area contributed by atoms with Crippen molar-refractivity contribution >= 4 is 11.7 Å². The van der Waals surface area contributed by atoms with Crippen LogP contribution in [-0.4, -0.2) is 17.6 Å². The minimum absolute atomic E-state index is 0.106. The van der Waals surface area contributed by atoms with Gasteiger partial charge in [-0.3, -0.25) is 0 Å². The third-order valence-electron chi connectivity index (χ3n) is 3.23. The van der Waals surface area contributed by atoms with Gasteiger partial charge in [-0.25, -0.2) is 13.6 Å². The normalized spacial score (nSPS) is 10.4. The molecule has 0 saturated heterocycles. The highest BCUT2D eigenvalue weighted by atomic mass is 19.1. The van der Waals surface area contributed by atoms with E-state index in [2.05, 4.69) is 5.32 Å². The third kappa shape index (κ3) is 3.78. The molecule has 0 amide bonds. The molecule has 0 aromatic heterocycles. The highest BCUT2D eigenvalue weighted by molar-refractivity contribution is 5.94. The number of benzene rings is 2. The van der Waals surface area contributed by atoms with Gasteiger partial charge in [0.15, 0.2) is 0 Å². The molecule has 0 heterocycles. The van der Waals surface area contributed by atoms with Crippen molar-refractivity contribution in [3.05, 3.63) is 64.7 Å². The van der Waals surface area contributed by atoms with Gasteiger partial charge >= 0.3 is 5.97 Å². The first-order chi connectivity index (χ1) is 9.97. The zero-order chi connectivity index (χ0) is 15.4. The summed E-state index contributed by atoms with van der Waals surface area (Å²) in [6.45, 7) is 2.29. The van der Waals surface area contributed by atoms with E-state index in [-0.39, 0.29) is 11.4 Å². The monoisotopic (exact) mass is 291 g/mol. The van der Waals surface area contributed by atoms with E-state index in [1.165, 1.54) is 24.3 Å². The van der Waals surface area contributed by atoms with Crippen LogP contribution in [0.5, 0.6) is 0 Å². The van der Waals surface area contributed by atoms with Crippen LogP contribution in [0.25, 0.3) is 0 Å². The van der Waals surface area contributed by atoms with E-state index in [0.29, 0.717) is 18.7 Å². The van der Waals surface area contributed by atoms with Crippen LogP contribution in [0.2, 0.25) is 0 Å². The highest BCUT2D eigenvalue weighted by Crippen LogP contribution is 2.18. The molecule has 0 fully saturated rings. The van der Waals surface area contributed by atoms with Crippen LogP contribution in [0.1, 0.15) is 21.5 Å². The van der Waals surface area contributed by atoms with Gasteiger partial charge in [-0.05, 0) is 54.8 Å². The second kappa shape index (κ2) is 6.35. The van der Waals surface area contributed by atoms with E-state index in [4.69, 9.17) is 5.11 Å². The lowest BCUT2D eigenvalue weighted by molar-refractivity contribution is 0.0697. The number of rotatable bonds is 5. The average molecular weight is 291 g/mol. The number of nitrogens with one attached hydrogen (secondary N) is 1. The number of aromatic carboxylic acids is 1. The number of halogens is 2. The molecule has 5 heteroatoms. The molecule has 21 heavy (non-hydrogen) atoms. The van der Waals surface area contributed by atoms with Crippen molar-refractivity contribution < 1.29 is 18.7 Å². The summed E-state index contributed by atoms with van der Waals surface area (Å²) in [5, 5.41) is 12.0. The minimum atomic E-state index is -1.19. The summed E-state index contributed by atoms with van der Waals surface area (Å²) in [5.74, 6) is -2.06. The van der Waals surface area contributed by atoms with E-state index in [1.807, 2.05) is 6.92 Å². The zero-order valence-electron chi connectivity index (χ0n) is 11.5. The number of hydrogen-bond donors (Lipinski definition) is 2. The Labute approximate surface area is 121 Å². The van der Waals surface area contributed by atoms with Crippen molar-refractivity contribution in [3.63, 3.8) is 0 Å². The Morgan fingerprint density at radius 2 is 1.81 bits per heavy atom. The van der Waals surface area contributed by atoms with Crippen LogP contribution in [0, 0.1) is 18.6 Å². The van der Waals surface area contributed by atoms with Gasteiger partial charge in [-0.15, -0.1) is 0 Å². The first kappa shape index (κ1) is 15.0. The van der Waals surface area contributed by atoms with Gasteiger partial charge in [-0.2, -0.15) is 0 Å². The molecule has 0 bridgehead atoms. The predicted molar refractivity (Wildman–Crippen MR) is 76.7 cm³/mol. The summed E-state index contributed by atoms with van der Waals surface area (Å²) in [7, 11) is 0. The quantitative estimate of drug-likeness (QED) is 0.884. The summed E-state index contributed by atoms with van der Waals surface area (Å²) in [6, 6.07) is 8.13. The van der Waals surface area contributed by atoms with E-state index < -0.39 is 11.8 Å². The molecule has 0 atom stereocenters. The molecule has 3 nitrogen and oxygen atoms in total. The molecule has 0 aliphatic rings. The van der Waals surface area contributed by atoms with Crippen LogP contribution in [0.4, 0.5) is 14.5 Å². The standard InChI is InChI=1S/C16H15F2NO2/c1-10-8-12(17)3-2-11(10)6-7-19-15-5-4-13(18)9-14(15)16(20)21/h2-5,8-9,19H,6-7H2,1H3,(H,20,21). The molecule has 2 rings (SSSR count). The summed E-state index contributed by atoms with van der Waals surface area (Å²) in [4.78, 5) is 11.1. The number of hydrogen-bond acceptors (Lipinski definition) is 2. The fourth-order valence-electron chi connectivity index (χ4n) is 2.12. The van der Waals surface area contributed by atoms with E-state index in [1.54, 1.807) is 6.07 Å². The van der Waals surface area contributed by atoms with Crippen LogP contribution < -0.4 is 5.32 Å². The second-order valence-electron chi connectivity index (χ2n) is 4.74. The second-order valence-corrected chi connectivity index (χ2v) is 4.74. The molecule has 2 aromatic rings. The van der Waals surface area contributed by atoms with Gasteiger partial charge < -0.3 is 10.4 Å². The topological polar surface area (TPSA) is 49.3 Å². The Hall–Kier alpha value is -2.43. The molecule has 0 unspecified atom stereocenters. The van der Waals surface area contributed by atoms with Crippen LogP contribution >= 0.6 is 0 Å². The summed E-state index contributed by atoms with van der Waals surface area (Å²) >= 11 is 0. The SMILES string of the molecule is Cc1cc(F)ccc1CCNc1ccc(F)cc1C(=O)O. The summed E-state index contributed by atoms with van der Waals surface area (Å²) < 4.78 is 26.1. The average Bonchev–Trinajstić information content (AvgIpc) is 2.42. The fourth-order valence-corrected chi connectivity index (χ4v) is 2.12. The number of aryl methyl sites for hydroxylation is 1. The molecular weight excluding hydrogens is 276 g/mol. The fraction of sp³-hybridized carbons (Fsp3) is 0.188. The van der Waals surface area contributed by atoms with Gasteiger partial charge in [-0.1, -0.05) is 6.07 Å². The Kier molecular flexibility index (Phi) is 4.52. The smallest absolute Gasteiger partial charge is 0.337 e. The van der Waals surface area contributed by atoms with Gasteiger partial charge in [0.05, 0.1) is 5.56 Å². The zero-order valence-corrected chi connectivity index (χ0v) is 11.5. The molecule has 0 saturated carbocycles. The lowest BCUT2D eigenvalue weighted by Crippen LogP contribution is -2.10. The maximum absolute atomic E-state index is 13.1. The maximum Gasteiger partial charge on any atom is 0.337 e. The third-order valence-corrected chi connectivity index (χ3v) is 3.23. The lowest BCUT2D eigenvalue weighted by atomic mass is 10.1. The van der Waals surface area contributed by atoms with Crippen molar-refractivity contribution in [3.8, 4) is 0 Å². The van der Waals surface area contributed by atoms with E-state index in [0.717, 1.165) is 17.2 Å². The largest absolute Gasteiger partial charge is 0.478 e. The molecule has 0 aliphatic heterocycles. The van der Waals surface area contributed by atoms with Crippen molar-refractivity contribution in [2.24, 2.45) is 0 Å². The molecule has 0 aliphatic carbocycles. The number of carboxylic acid groups (broad SMARTS) is 1. The Bertz CT molecular complexity index is 671. The van der Waals surface area contributed by atoms with Crippen molar-refractivity contribution in [1.82, 2.24) is 0 Å². The van der Waals surface area contributed by atoms with E-state index in [9.17, 15) is 13.6 Å². The Morgan fingerprint density at radius 1 is 1.14 bits per heavy atom. The molecule has 110 valence electrons. The van der Waals surface area contributed by atoms with Crippen LogP contribution in [0.15, 0.2) is 36.4 Å². The maximum atomic E-state index is 13.1. The van der Waals surface area contributed by atoms with Crippen molar-refractivity contribution in [2.45, 2.75) is 13.3 Å². The van der Waals surface area contributed by atoms with Crippen molar-refractivity contribution in [2.75, 3.05) is 11.9 Å². The van der Waals surface area contributed by atoms with Gasteiger partial charge in [0.25, 0.3) is 0 Å². The number of carbonyl (C=O) groups is 1. The van der Waals surface area contributed by atoms with Gasteiger partial charge in [0.2, 0.25) is 0 Å². The molecule has 2 N–H and O–H groups in total. The molecular formula is C16H15F2NO2. The minimum Gasteiger partial charge on any atom is -0.478 e. The van der Waals surface area contributed by atoms with Gasteiger partial charge in [0, 0.05) is 12.2 Å². The first-order valence-corrected chi connectivity index (χ1v) is 6.49. The number of carboxylic acids is 1. The van der Waals surface area contributed by atoms with Gasteiger partial charge in [0.1, 0.15) is 11.6 Å². The highest BCUT2D eigenvalue weighted by Gasteiger charge is 2.11. The van der Waals surface area contributed by atoms with Crippen LogP contribution in [-0.2, 0) is 6.42 Å². The van der Waals surface area contributed by atoms with Crippen LogP contribution in [0.3, 0.4) is 0 Å². The predicted octanol–water partition coefficient (Wildman–Crippen LogP) is 3.63. The number of anilines is 1.